The van der Waals surface area contributed by atoms with Gasteiger partial charge in [0, 0.05) is 26.2 Å². The molecule has 164 valence electrons. The average Bonchev–Trinajstić information content (AvgIpc) is 2.45. The molecule has 14 nitrogen and oxygen atoms in total. The standard InChI is InChI=1S/C9H22N3O11P5/c13-24-5-10(1-3-11(6-25(14)15)8-27(18,19)20)2-4-12(7-26(16)17)9-28(21,22)23/h1-9H2,(H4-2,14,15,16,17,18,19,20,21,22,23)/p+2. The van der Waals surface area contributed by atoms with Crippen molar-refractivity contribution in [3.8, 4) is 0 Å². The predicted molar refractivity (Wildman–Crippen MR) is 101 cm³/mol. The fraction of sp³-hybridized carbons (Fsp3) is 1.00. The van der Waals surface area contributed by atoms with Crippen LogP contribution in [0.3, 0.4) is 0 Å². The van der Waals surface area contributed by atoms with Gasteiger partial charge in [-0.25, -0.2) is 9.80 Å². The molecule has 0 aromatic heterocycles. The molecule has 0 radical (unpaired) electrons. The van der Waals surface area contributed by atoms with Gasteiger partial charge < -0.3 is 19.6 Å². The normalized spacial score (nSPS) is 14.3. The van der Waals surface area contributed by atoms with Crippen molar-refractivity contribution in [2.24, 2.45) is 0 Å². The Kier molecular flexibility index (Phi) is 13.8. The molecular formula is C9H24N3O11P5+2. The van der Waals surface area contributed by atoms with E-state index < -0.39 is 56.4 Å². The highest BCUT2D eigenvalue weighted by atomic mass is 31.2. The molecule has 0 saturated carbocycles. The molecule has 19 heteroatoms. The molecule has 0 saturated heterocycles. The molecule has 0 amide bonds. The minimum Gasteiger partial charge on any atom is -0.324 e. The summed E-state index contributed by atoms with van der Waals surface area (Å²) >= 11 is 0. The van der Waals surface area contributed by atoms with Crippen molar-refractivity contribution in [1.29, 1.82) is 0 Å². The van der Waals surface area contributed by atoms with Gasteiger partial charge in [0.2, 0.25) is 12.6 Å². The molecule has 0 rings (SSSR count). The highest BCUT2D eigenvalue weighted by Crippen LogP contribution is 2.37. The number of nitrogens with zero attached hydrogens (tertiary/aromatic N) is 3. The molecule has 0 spiro atoms. The van der Waals surface area contributed by atoms with Crippen LogP contribution in [0.15, 0.2) is 0 Å². The van der Waals surface area contributed by atoms with Crippen LogP contribution in [0.2, 0.25) is 0 Å². The van der Waals surface area contributed by atoms with E-state index in [1.54, 1.807) is 0 Å². The molecule has 0 fully saturated rings. The lowest BCUT2D eigenvalue weighted by atomic mass is 10.4. The lowest BCUT2D eigenvalue weighted by molar-refractivity contribution is 0.215. The van der Waals surface area contributed by atoms with E-state index in [1.165, 1.54) is 4.90 Å². The van der Waals surface area contributed by atoms with Crippen LogP contribution in [0.5, 0.6) is 0 Å². The Morgan fingerprint density at radius 2 is 1.04 bits per heavy atom. The van der Waals surface area contributed by atoms with E-state index in [4.69, 9.17) is 29.4 Å². The van der Waals surface area contributed by atoms with Crippen LogP contribution in [0.4, 0.5) is 0 Å². The zero-order valence-corrected chi connectivity index (χ0v) is 19.1. The maximum atomic E-state index is 11.1. The Labute approximate surface area is 164 Å². The van der Waals surface area contributed by atoms with Crippen molar-refractivity contribution in [2.45, 2.75) is 0 Å². The van der Waals surface area contributed by atoms with Crippen molar-refractivity contribution in [1.82, 2.24) is 14.7 Å². The molecule has 6 N–H and O–H groups in total. The molecule has 0 aliphatic carbocycles. The van der Waals surface area contributed by atoms with Crippen molar-refractivity contribution in [3.63, 3.8) is 0 Å². The maximum absolute atomic E-state index is 11.1. The van der Waals surface area contributed by atoms with Crippen LogP contribution in [-0.4, -0.2) is 102 Å². The first-order valence-electron chi connectivity index (χ1n) is 7.54. The molecule has 28 heavy (non-hydrogen) atoms. The minimum absolute atomic E-state index is 0.0238. The van der Waals surface area contributed by atoms with E-state index in [0.29, 0.717) is 0 Å². The maximum Gasteiger partial charge on any atom is 0.521 e. The third-order valence-corrected chi connectivity index (χ3v) is 6.47. The van der Waals surface area contributed by atoms with Gasteiger partial charge in [-0.1, -0.05) is 0 Å². The molecule has 2 unspecified atom stereocenters. The monoisotopic (exact) mass is 505 g/mol. The molecule has 0 aliphatic rings. The molecule has 0 heterocycles. The van der Waals surface area contributed by atoms with Crippen LogP contribution in [0.1, 0.15) is 0 Å². The molecule has 0 aromatic carbocycles. The zero-order valence-electron chi connectivity index (χ0n) is 14.7. The van der Waals surface area contributed by atoms with Gasteiger partial charge in [0.25, 0.3) is 0 Å². The second-order valence-corrected chi connectivity index (χ2v) is 11.5. The molecule has 0 aromatic rings. The molecule has 2 atom stereocenters. The summed E-state index contributed by atoms with van der Waals surface area (Å²) in [6.07, 6.45) is -2.46. The van der Waals surface area contributed by atoms with Crippen LogP contribution in [0, 0.1) is 0 Å². The van der Waals surface area contributed by atoms with Crippen molar-refractivity contribution in [3.05, 3.63) is 0 Å². The van der Waals surface area contributed by atoms with Crippen molar-refractivity contribution >= 4 is 39.7 Å². The molecule has 0 aliphatic heterocycles. The van der Waals surface area contributed by atoms with Crippen LogP contribution in [-0.2, 0) is 22.8 Å². The summed E-state index contributed by atoms with van der Waals surface area (Å²) in [5, 5.41) is 0. The first-order valence-corrected chi connectivity index (χ1v) is 14.9. The summed E-state index contributed by atoms with van der Waals surface area (Å²) in [7, 11) is -14.6. The summed E-state index contributed by atoms with van der Waals surface area (Å²) in [5.41, 5.74) is 0. The fourth-order valence-electron chi connectivity index (χ4n) is 2.14. The van der Waals surface area contributed by atoms with E-state index in [-0.39, 0.29) is 40.9 Å². The van der Waals surface area contributed by atoms with Crippen molar-refractivity contribution < 1.29 is 52.2 Å². The third-order valence-electron chi connectivity index (χ3n) is 3.13. The SMILES string of the molecule is O=PCN(CCN(C[P+](=O)O)CP(=O)(O)O)CCN(C[P+](=O)O)CP(=O)(O)O. The summed E-state index contributed by atoms with van der Waals surface area (Å²) in [6, 6.07) is 0. The Morgan fingerprint density at radius 3 is 1.29 bits per heavy atom. The Hall–Kier alpha value is 0.400. The topological polar surface area (TPSA) is 216 Å². The van der Waals surface area contributed by atoms with Gasteiger partial charge in [-0.3, -0.25) is 18.6 Å². The number of rotatable bonds is 16. The first kappa shape index (κ1) is 28.4. The Bertz CT molecular complexity index is 577. The number of hydrogen-bond acceptors (Lipinski definition) is 8. The number of hydrogen-bond donors (Lipinski definition) is 6. The van der Waals surface area contributed by atoms with E-state index in [9.17, 15) is 22.8 Å². The van der Waals surface area contributed by atoms with Crippen LogP contribution < -0.4 is 0 Å². The second kappa shape index (κ2) is 13.7. The largest absolute Gasteiger partial charge is 0.521 e. The highest BCUT2D eigenvalue weighted by Gasteiger charge is 2.28. The smallest absolute Gasteiger partial charge is 0.324 e. The van der Waals surface area contributed by atoms with Gasteiger partial charge in [0.1, 0.15) is 12.6 Å². The summed E-state index contributed by atoms with van der Waals surface area (Å²) in [5.74, 6) is 0. The third kappa shape index (κ3) is 17.3. The summed E-state index contributed by atoms with van der Waals surface area (Å²) in [4.78, 5) is 57.8. The first-order chi connectivity index (χ1) is 12.7. The second-order valence-electron chi connectivity index (χ2n) is 5.78. The Morgan fingerprint density at radius 1 is 0.714 bits per heavy atom. The summed E-state index contributed by atoms with van der Waals surface area (Å²) in [6.45, 7) is 0.0604. The summed E-state index contributed by atoms with van der Waals surface area (Å²) < 4.78 is 55.1. The lowest BCUT2D eigenvalue weighted by Crippen LogP contribution is -2.39. The predicted octanol–water partition coefficient (Wildman–Crippen LogP) is -0.204. The zero-order chi connectivity index (χ0) is 22.0. The van der Waals surface area contributed by atoms with Gasteiger partial charge >= 0.3 is 31.2 Å². The van der Waals surface area contributed by atoms with E-state index in [2.05, 4.69) is 0 Å². The van der Waals surface area contributed by atoms with Gasteiger partial charge in [-0.2, -0.15) is 9.79 Å². The van der Waals surface area contributed by atoms with Gasteiger partial charge in [-0.05, 0) is 9.13 Å². The molecule has 0 bridgehead atoms. The van der Waals surface area contributed by atoms with Gasteiger partial charge in [0.15, 0.2) is 8.46 Å². The quantitative estimate of drug-likeness (QED) is 0.150. The minimum atomic E-state index is -4.47. The van der Waals surface area contributed by atoms with E-state index in [1.807, 2.05) is 0 Å². The van der Waals surface area contributed by atoms with Gasteiger partial charge in [0.05, 0.1) is 6.29 Å². The van der Waals surface area contributed by atoms with Gasteiger partial charge in [-0.15, -0.1) is 0 Å². The average molecular weight is 505 g/mol. The fourth-order valence-corrected chi connectivity index (χ4v) is 5.59. The lowest BCUT2D eigenvalue weighted by Gasteiger charge is -2.26. The van der Waals surface area contributed by atoms with E-state index >= 15 is 0 Å². The molecular weight excluding hydrogens is 481 g/mol. The van der Waals surface area contributed by atoms with E-state index in [0.717, 1.165) is 9.80 Å². The van der Waals surface area contributed by atoms with Crippen LogP contribution in [0.25, 0.3) is 0 Å². The van der Waals surface area contributed by atoms with Crippen molar-refractivity contribution in [2.75, 3.05) is 57.6 Å². The highest BCUT2D eigenvalue weighted by molar-refractivity contribution is 7.52. The Balaban J connectivity index is 4.90. The van der Waals surface area contributed by atoms with Crippen LogP contribution >= 0.6 is 39.7 Å².